The lowest BCUT2D eigenvalue weighted by Crippen LogP contribution is -2.37. The first-order chi connectivity index (χ1) is 11.1. The van der Waals surface area contributed by atoms with Crippen LogP contribution in [0.4, 0.5) is 0 Å². The number of carbonyl (C=O) groups excluding carboxylic acids is 1. The van der Waals surface area contributed by atoms with Crippen molar-refractivity contribution >= 4 is 34.2 Å². The third-order valence-corrected chi connectivity index (χ3v) is 4.10. The summed E-state index contributed by atoms with van der Waals surface area (Å²) in [5.41, 5.74) is 7.11. The Kier molecular flexibility index (Phi) is 8.82. The van der Waals surface area contributed by atoms with Crippen molar-refractivity contribution in [2.45, 2.75) is 13.0 Å². The molecule has 0 spiro atoms. The molecule has 0 aliphatic carbocycles. The van der Waals surface area contributed by atoms with E-state index in [4.69, 9.17) is 10.5 Å². The van der Waals surface area contributed by atoms with E-state index in [2.05, 4.69) is 21.2 Å². The molecule has 0 heterocycles. The maximum absolute atomic E-state index is 12.2. The van der Waals surface area contributed by atoms with E-state index in [1.807, 2.05) is 61.5 Å². The van der Waals surface area contributed by atoms with E-state index in [9.17, 15) is 4.79 Å². The molecule has 0 saturated heterocycles. The topological polar surface area (TPSA) is 64.3 Å². The van der Waals surface area contributed by atoms with Gasteiger partial charge in [-0.25, -0.2) is 0 Å². The highest BCUT2D eigenvalue weighted by Gasteiger charge is 2.21. The molecule has 2 unspecified atom stereocenters. The summed E-state index contributed by atoms with van der Waals surface area (Å²) in [5, 5.41) is 2.86. The maximum Gasteiger partial charge on any atom is 0.224 e. The van der Waals surface area contributed by atoms with Crippen LogP contribution in [0, 0.1) is 5.92 Å². The molecule has 0 radical (unpaired) electrons. The number of ether oxygens (including phenoxy) is 1. The molecule has 6 heteroatoms. The minimum Gasteiger partial charge on any atom is -0.492 e. The molecular weight excluding hydrogens is 392 g/mol. The largest absolute Gasteiger partial charge is 0.492 e. The third kappa shape index (κ3) is 6.15. The molecule has 0 fully saturated rings. The van der Waals surface area contributed by atoms with Crippen LogP contribution >= 0.6 is 28.3 Å². The van der Waals surface area contributed by atoms with Crippen molar-refractivity contribution in [3.05, 3.63) is 64.6 Å². The molecule has 2 atom stereocenters. The molecule has 0 saturated carbocycles. The van der Waals surface area contributed by atoms with E-state index in [0.717, 1.165) is 15.8 Å². The van der Waals surface area contributed by atoms with E-state index < -0.39 is 0 Å². The second-order valence-electron chi connectivity index (χ2n) is 5.32. The number of nitrogens with two attached hydrogens (primary N) is 1. The molecular formula is C18H22BrClN2O2. The van der Waals surface area contributed by atoms with Crippen LogP contribution in [0.25, 0.3) is 0 Å². The van der Waals surface area contributed by atoms with Gasteiger partial charge >= 0.3 is 0 Å². The van der Waals surface area contributed by atoms with Crippen LogP contribution < -0.4 is 15.8 Å². The number of nitrogens with one attached hydrogen (secondary N) is 1. The number of benzene rings is 2. The summed E-state index contributed by atoms with van der Waals surface area (Å²) in [6, 6.07) is 16.9. The third-order valence-electron chi connectivity index (χ3n) is 3.60. The summed E-state index contributed by atoms with van der Waals surface area (Å²) < 4.78 is 6.55. The molecule has 24 heavy (non-hydrogen) atoms. The second-order valence-corrected chi connectivity index (χ2v) is 6.24. The molecule has 2 rings (SSSR count). The van der Waals surface area contributed by atoms with E-state index in [1.54, 1.807) is 0 Å². The summed E-state index contributed by atoms with van der Waals surface area (Å²) in [4.78, 5) is 12.2. The van der Waals surface area contributed by atoms with Gasteiger partial charge in [0.1, 0.15) is 12.4 Å². The zero-order valence-corrected chi connectivity index (χ0v) is 15.8. The summed E-state index contributed by atoms with van der Waals surface area (Å²) in [6.07, 6.45) is 0. The Labute approximate surface area is 157 Å². The highest BCUT2D eigenvalue weighted by Crippen LogP contribution is 2.19. The number of halogens is 2. The highest BCUT2D eigenvalue weighted by molar-refractivity contribution is 9.10. The van der Waals surface area contributed by atoms with Crippen molar-refractivity contribution in [3.8, 4) is 5.75 Å². The molecule has 0 aliphatic heterocycles. The van der Waals surface area contributed by atoms with Crippen LogP contribution in [0.2, 0.25) is 0 Å². The van der Waals surface area contributed by atoms with Crippen molar-refractivity contribution in [3.63, 3.8) is 0 Å². The van der Waals surface area contributed by atoms with Gasteiger partial charge in [-0.15, -0.1) is 12.4 Å². The van der Waals surface area contributed by atoms with Gasteiger partial charge < -0.3 is 15.8 Å². The van der Waals surface area contributed by atoms with Crippen LogP contribution in [0.5, 0.6) is 5.75 Å². The van der Waals surface area contributed by atoms with Gasteiger partial charge in [0.2, 0.25) is 5.91 Å². The average molecular weight is 414 g/mol. The summed E-state index contributed by atoms with van der Waals surface area (Å²) >= 11 is 3.39. The monoisotopic (exact) mass is 412 g/mol. The average Bonchev–Trinajstić information content (AvgIpc) is 2.58. The predicted molar refractivity (Wildman–Crippen MR) is 102 cm³/mol. The van der Waals surface area contributed by atoms with Gasteiger partial charge in [-0.2, -0.15) is 0 Å². The minimum atomic E-state index is -0.317. The van der Waals surface area contributed by atoms with E-state index in [-0.39, 0.29) is 30.3 Å². The van der Waals surface area contributed by atoms with Gasteiger partial charge in [-0.1, -0.05) is 59.3 Å². The van der Waals surface area contributed by atoms with Gasteiger partial charge in [0, 0.05) is 10.5 Å². The summed E-state index contributed by atoms with van der Waals surface area (Å²) in [7, 11) is 0. The van der Waals surface area contributed by atoms with Gasteiger partial charge in [0.15, 0.2) is 0 Å². The lowest BCUT2D eigenvalue weighted by atomic mass is 9.95. The smallest absolute Gasteiger partial charge is 0.224 e. The quantitative estimate of drug-likeness (QED) is 0.680. The molecule has 3 N–H and O–H groups in total. The first-order valence-corrected chi connectivity index (χ1v) is 8.34. The minimum absolute atomic E-state index is 0. The number of amides is 1. The molecule has 130 valence electrons. The first-order valence-electron chi connectivity index (χ1n) is 7.54. The SMILES string of the molecule is CC(C(=O)NCCOc1cccc(Br)c1)C(N)c1ccccc1.Cl. The molecule has 0 bridgehead atoms. The number of hydrogen-bond acceptors (Lipinski definition) is 3. The summed E-state index contributed by atoms with van der Waals surface area (Å²) in [5.74, 6) is 0.394. The Balaban J connectivity index is 0.00000288. The normalized spacial score (nSPS) is 12.6. The summed E-state index contributed by atoms with van der Waals surface area (Å²) in [6.45, 7) is 2.69. The van der Waals surface area contributed by atoms with E-state index >= 15 is 0 Å². The van der Waals surface area contributed by atoms with Crippen LogP contribution in [0.1, 0.15) is 18.5 Å². The molecule has 2 aromatic rings. The first kappa shape index (κ1) is 20.5. The standard InChI is InChI=1S/C18H21BrN2O2.ClH/c1-13(17(20)14-6-3-2-4-7-14)18(22)21-10-11-23-16-9-5-8-15(19)12-16;/h2-9,12-13,17H,10-11,20H2,1H3,(H,21,22);1H. The van der Waals surface area contributed by atoms with Crippen molar-refractivity contribution in [2.75, 3.05) is 13.2 Å². The van der Waals surface area contributed by atoms with E-state index in [1.165, 1.54) is 0 Å². The van der Waals surface area contributed by atoms with Crippen LogP contribution in [0.3, 0.4) is 0 Å². The molecule has 4 nitrogen and oxygen atoms in total. The van der Waals surface area contributed by atoms with Crippen molar-refractivity contribution < 1.29 is 9.53 Å². The van der Waals surface area contributed by atoms with Gasteiger partial charge in [-0.05, 0) is 23.8 Å². The Morgan fingerprint density at radius 3 is 2.58 bits per heavy atom. The Morgan fingerprint density at radius 1 is 1.21 bits per heavy atom. The van der Waals surface area contributed by atoms with Crippen molar-refractivity contribution in [2.24, 2.45) is 11.7 Å². The Morgan fingerprint density at radius 2 is 1.92 bits per heavy atom. The lowest BCUT2D eigenvalue weighted by Gasteiger charge is -2.19. The van der Waals surface area contributed by atoms with Gasteiger partial charge in [0.05, 0.1) is 12.5 Å². The van der Waals surface area contributed by atoms with Crippen LogP contribution in [0.15, 0.2) is 59.1 Å². The highest BCUT2D eigenvalue weighted by atomic mass is 79.9. The predicted octanol–water partition coefficient (Wildman–Crippen LogP) is 3.70. The Hall–Kier alpha value is -1.56. The fourth-order valence-electron chi connectivity index (χ4n) is 2.19. The van der Waals surface area contributed by atoms with Gasteiger partial charge in [-0.3, -0.25) is 4.79 Å². The zero-order chi connectivity index (χ0) is 16.7. The van der Waals surface area contributed by atoms with Gasteiger partial charge in [0.25, 0.3) is 0 Å². The van der Waals surface area contributed by atoms with Crippen molar-refractivity contribution in [1.29, 1.82) is 0 Å². The fourth-order valence-corrected chi connectivity index (χ4v) is 2.57. The Bertz CT molecular complexity index is 640. The number of carbonyl (C=O) groups is 1. The van der Waals surface area contributed by atoms with E-state index in [0.29, 0.717) is 13.2 Å². The van der Waals surface area contributed by atoms with Crippen molar-refractivity contribution in [1.82, 2.24) is 5.32 Å². The zero-order valence-electron chi connectivity index (χ0n) is 13.4. The van der Waals surface area contributed by atoms with Crippen LogP contribution in [-0.4, -0.2) is 19.1 Å². The second kappa shape index (κ2) is 10.3. The molecule has 0 aliphatic rings. The molecule has 2 aromatic carbocycles. The lowest BCUT2D eigenvalue weighted by molar-refractivity contribution is -0.125. The van der Waals surface area contributed by atoms with Crippen LogP contribution in [-0.2, 0) is 4.79 Å². The molecule has 1 amide bonds. The fraction of sp³-hybridized carbons (Fsp3) is 0.278. The maximum atomic E-state index is 12.2. The number of rotatable bonds is 7. The number of hydrogen-bond donors (Lipinski definition) is 2. The molecule has 0 aromatic heterocycles.